The first-order valence-corrected chi connectivity index (χ1v) is 12.5. The number of carbonyl (C=O) groups is 2. The average molecular weight is 505 g/mol. The fourth-order valence-electron chi connectivity index (χ4n) is 5.34. The first-order chi connectivity index (χ1) is 17.5. The van der Waals surface area contributed by atoms with Gasteiger partial charge in [-0.15, -0.1) is 0 Å². The van der Waals surface area contributed by atoms with Gasteiger partial charge in [0, 0.05) is 31.1 Å². The smallest absolute Gasteiger partial charge is 0.228 e. The summed E-state index contributed by atoms with van der Waals surface area (Å²) in [5.41, 5.74) is 3.97. The van der Waals surface area contributed by atoms with Gasteiger partial charge in [-0.2, -0.15) is 0 Å². The number of methoxy groups -OCH3 is 2. The summed E-state index contributed by atoms with van der Waals surface area (Å²) in [6.07, 6.45) is 0.896. The van der Waals surface area contributed by atoms with Gasteiger partial charge in [-0.3, -0.25) is 9.59 Å². The lowest BCUT2D eigenvalue weighted by molar-refractivity contribution is -0.137. The molecule has 0 N–H and O–H groups in total. The van der Waals surface area contributed by atoms with Crippen LogP contribution in [0.4, 0.5) is 0 Å². The third-order valence-corrected chi connectivity index (χ3v) is 7.48. The maximum Gasteiger partial charge on any atom is 0.228 e. The van der Waals surface area contributed by atoms with Gasteiger partial charge in [0.05, 0.1) is 26.2 Å². The summed E-state index contributed by atoms with van der Waals surface area (Å²) in [4.78, 5) is 30.5. The van der Waals surface area contributed by atoms with E-state index in [0.717, 1.165) is 22.3 Å². The van der Waals surface area contributed by atoms with E-state index in [2.05, 4.69) is 0 Å². The third-order valence-electron chi connectivity index (χ3n) is 7.14. The number of hydrogen-bond acceptors (Lipinski definition) is 4. The Balaban J connectivity index is 1.48. The SMILES string of the molecule is COc1cc2c(cc1OC)[C@@H](c1ccccc1Cl)N(C(=O)[C@H]1CC(=O)N(Cc3ccccc3)C1)CC2. The Bertz CT molecular complexity index is 1280. The van der Waals surface area contributed by atoms with Gasteiger partial charge in [-0.25, -0.2) is 0 Å². The number of amides is 2. The van der Waals surface area contributed by atoms with Gasteiger partial charge in [-0.05, 0) is 46.9 Å². The van der Waals surface area contributed by atoms with Crippen molar-refractivity contribution < 1.29 is 19.1 Å². The van der Waals surface area contributed by atoms with Crippen molar-refractivity contribution in [3.63, 3.8) is 0 Å². The van der Waals surface area contributed by atoms with Crippen molar-refractivity contribution in [2.75, 3.05) is 27.3 Å². The number of fused-ring (bicyclic) bond motifs is 1. The molecule has 2 atom stereocenters. The summed E-state index contributed by atoms with van der Waals surface area (Å²) in [6, 6.07) is 21.0. The Hall–Kier alpha value is -3.51. The van der Waals surface area contributed by atoms with Crippen molar-refractivity contribution in [2.24, 2.45) is 5.92 Å². The second kappa shape index (κ2) is 10.2. The van der Waals surface area contributed by atoms with Crippen molar-refractivity contribution in [1.29, 1.82) is 0 Å². The lowest BCUT2D eigenvalue weighted by Gasteiger charge is -2.39. The Labute approximate surface area is 216 Å². The van der Waals surface area contributed by atoms with Crippen LogP contribution in [0.1, 0.15) is 34.7 Å². The van der Waals surface area contributed by atoms with Crippen LogP contribution in [0.5, 0.6) is 11.5 Å². The second-order valence-corrected chi connectivity index (χ2v) is 9.68. The molecule has 2 aliphatic rings. The van der Waals surface area contributed by atoms with Crippen LogP contribution in [-0.4, -0.2) is 48.9 Å². The van der Waals surface area contributed by atoms with Gasteiger partial charge in [0.15, 0.2) is 11.5 Å². The van der Waals surface area contributed by atoms with E-state index in [9.17, 15) is 9.59 Å². The van der Waals surface area contributed by atoms with Crippen LogP contribution in [0.2, 0.25) is 5.02 Å². The Morgan fingerprint density at radius 3 is 2.39 bits per heavy atom. The molecule has 2 amide bonds. The number of hydrogen-bond donors (Lipinski definition) is 0. The molecule has 0 saturated carbocycles. The molecule has 0 bridgehead atoms. The molecule has 2 heterocycles. The molecular formula is C29H29ClN2O4. The number of likely N-dealkylation sites (tertiary alicyclic amines) is 1. The first kappa shape index (κ1) is 24.2. The van der Waals surface area contributed by atoms with Gasteiger partial charge < -0.3 is 19.3 Å². The van der Waals surface area contributed by atoms with E-state index in [-0.39, 0.29) is 24.3 Å². The molecule has 0 aromatic heterocycles. The number of nitrogens with zero attached hydrogens (tertiary/aromatic N) is 2. The molecule has 1 fully saturated rings. The van der Waals surface area contributed by atoms with Crippen molar-refractivity contribution in [3.05, 3.63) is 94.0 Å². The van der Waals surface area contributed by atoms with Crippen LogP contribution in [0, 0.1) is 5.92 Å². The maximum absolute atomic E-state index is 14.0. The van der Waals surface area contributed by atoms with E-state index in [4.69, 9.17) is 21.1 Å². The highest BCUT2D eigenvalue weighted by molar-refractivity contribution is 6.31. The normalized spacial score (nSPS) is 19.2. The molecule has 0 spiro atoms. The lowest BCUT2D eigenvalue weighted by Crippen LogP contribution is -2.44. The largest absolute Gasteiger partial charge is 0.493 e. The van der Waals surface area contributed by atoms with Crippen LogP contribution in [0.15, 0.2) is 66.7 Å². The third kappa shape index (κ3) is 4.53. The van der Waals surface area contributed by atoms with Gasteiger partial charge in [0.1, 0.15) is 0 Å². The summed E-state index contributed by atoms with van der Waals surface area (Å²) in [7, 11) is 3.22. The van der Waals surface area contributed by atoms with Crippen molar-refractivity contribution in [2.45, 2.75) is 25.4 Å². The fraction of sp³-hybridized carbons (Fsp3) is 0.310. The maximum atomic E-state index is 14.0. The highest BCUT2D eigenvalue weighted by Gasteiger charge is 2.41. The number of halogens is 1. The van der Waals surface area contributed by atoms with Gasteiger partial charge in [0.25, 0.3) is 0 Å². The number of rotatable bonds is 6. The molecule has 0 radical (unpaired) electrons. The van der Waals surface area contributed by atoms with E-state index >= 15 is 0 Å². The zero-order valence-corrected chi connectivity index (χ0v) is 21.2. The van der Waals surface area contributed by atoms with Crippen molar-refractivity contribution in [3.8, 4) is 11.5 Å². The number of benzene rings is 3. The highest BCUT2D eigenvalue weighted by Crippen LogP contribution is 2.43. The minimum atomic E-state index is -0.395. The Morgan fingerprint density at radius 2 is 1.67 bits per heavy atom. The highest BCUT2D eigenvalue weighted by atomic mass is 35.5. The first-order valence-electron chi connectivity index (χ1n) is 12.1. The van der Waals surface area contributed by atoms with E-state index < -0.39 is 5.92 Å². The quantitative estimate of drug-likeness (QED) is 0.480. The Morgan fingerprint density at radius 1 is 0.972 bits per heavy atom. The molecule has 2 aliphatic heterocycles. The molecule has 3 aromatic carbocycles. The van der Waals surface area contributed by atoms with Gasteiger partial charge >= 0.3 is 0 Å². The zero-order valence-electron chi connectivity index (χ0n) is 20.4. The topological polar surface area (TPSA) is 59.1 Å². The molecule has 186 valence electrons. The summed E-state index contributed by atoms with van der Waals surface area (Å²) in [5.74, 6) is 0.854. The molecule has 1 saturated heterocycles. The van der Waals surface area contributed by atoms with Gasteiger partial charge in [0.2, 0.25) is 11.8 Å². The van der Waals surface area contributed by atoms with E-state index in [1.807, 2.05) is 71.6 Å². The molecule has 36 heavy (non-hydrogen) atoms. The van der Waals surface area contributed by atoms with Crippen LogP contribution in [0.3, 0.4) is 0 Å². The summed E-state index contributed by atoms with van der Waals surface area (Å²) >= 11 is 6.67. The van der Waals surface area contributed by atoms with Gasteiger partial charge in [-0.1, -0.05) is 60.1 Å². The summed E-state index contributed by atoms with van der Waals surface area (Å²) in [5, 5.41) is 0.594. The van der Waals surface area contributed by atoms with Crippen LogP contribution in [-0.2, 0) is 22.6 Å². The van der Waals surface area contributed by atoms with E-state index in [1.165, 1.54) is 0 Å². The number of ether oxygens (including phenoxy) is 2. The Kier molecular flexibility index (Phi) is 6.88. The molecular weight excluding hydrogens is 476 g/mol. The second-order valence-electron chi connectivity index (χ2n) is 9.27. The van der Waals surface area contributed by atoms with Crippen molar-refractivity contribution in [1.82, 2.24) is 9.80 Å². The zero-order chi connectivity index (χ0) is 25.2. The van der Waals surface area contributed by atoms with E-state index in [0.29, 0.717) is 42.6 Å². The fourth-order valence-corrected chi connectivity index (χ4v) is 5.58. The minimum Gasteiger partial charge on any atom is -0.493 e. The molecule has 5 rings (SSSR count). The lowest BCUT2D eigenvalue weighted by atomic mass is 9.86. The average Bonchev–Trinajstić information content (AvgIpc) is 3.27. The van der Waals surface area contributed by atoms with Crippen LogP contribution in [0.25, 0.3) is 0 Å². The van der Waals surface area contributed by atoms with E-state index in [1.54, 1.807) is 19.1 Å². The summed E-state index contributed by atoms with van der Waals surface area (Å²) < 4.78 is 11.1. The predicted octanol–water partition coefficient (Wildman–Crippen LogP) is 4.88. The van der Waals surface area contributed by atoms with Crippen LogP contribution < -0.4 is 9.47 Å². The monoisotopic (exact) mass is 504 g/mol. The number of carbonyl (C=O) groups excluding carboxylic acids is 2. The molecule has 3 aromatic rings. The molecule has 0 aliphatic carbocycles. The predicted molar refractivity (Wildman–Crippen MR) is 138 cm³/mol. The summed E-state index contributed by atoms with van der Waals surface area (Å²) in [6.45, 7) is 1.45. The standard InChI is InChI=1S/C29H29ClN2O4/c1-35-25-14-20-12-13-32(28(23(20)16-26(25)36-2)22-10-6-7-11-24(22)30)29(34)21-15-27(33)31(18-21)17-19-8-4-3-5-9-19/h3-11,14,16,21,28H,12-13,15,17-18H2,1-2H3/t21-,28+/m0/s1. The molecule has 7 heteroatoms. The molecule has 6 nitrogen and oxygen atoms in total. The van der Waals surface area contributed by atoms with Crippen molar-refractivity contribution >= 4 is 23.4 Å². The molecule has 0 unspecified atom stereocenters. The minimum absolute atomic E-state index is 0.00955. The van der Waals surface area contributed by atoms with Crippen LogP contribution >= 0.6 is 11.6 Å².